The van der Waals surface area contributed by atoms with Crippen molar-refractivity contribution in [2.45, 2.75) is 23.4 Å². The predicted octanol–water partition coefficient (Wildman–Crippen LogP) is 3.96. The highest BCUT2D eigenvalue weighted by Crippen LogP contribution is 2.36. The van der Waals surface area contributed by atoms with E-state index in [2.05, 4.69) is 11.9 Å². The van der Waals surface area contributed by atoms with Crippen LogP contribution in [0.2, 0.25) is 0 Å². The molecule has 0 aliphatic heterocycles. The van der Waals surface area contributed by atoms with Gasteiger partial charge in [-0.25, -0.2) is 0 Å². The summed E-state index contributed by atoms with van der Waals surface area (Å²) in [4.78, 5) is 0.215. The Morgan fingerprint density at radius 1 is 1.24 bits per heavy atom. The standard InChI is InChI=1S/C12H14F3NS/c1-2-3-8-16-9-10-4-6-11(7-5-10)17-12(13,14)15/h2,4-7,16H,1,3,8-9H2. The fraction of sp³-hybridized carbons (Fsp3) is 0.333. The van der Waals surface area contributed by atoms with Crippen LogP contribution in [0.25, 0.3) is 0 Å². The van der Waals surface area contributed by atoms with Gasteiger partial charge in [0.1, 0.15) is 0 Å². The van der Waals surface area contributed by atoms with Gasteiger partial charge in [-0.3, -0.25) is 0 Å². The Morgan fingerprint density at radius 3 is 2.41 bits per heavy atom. The fourth-order valence-corrected chi connectivity index (χ4v) is 1.79. The first-order chi connectivity index (χ1) is 8.01. The van der Waals surface area contributed by atoms with E-state index in [9.17, 15) is 13.2 Å². The summed E-state index contributed by atoms with van der Waals surface area (Å²) in [7, 11) is 0. The monoisotopic (exact) mass is 261 g/mol. The van der Waals surface area contributed by atoms with Gasteiger partial charge in [0.05, 0.1) is 0 Å². The lowest BCUT2D eigenvalue weighted by Gasteiger charge is -2.07. The molecule has 0 heterocycles. The first-order valence-electron chi connectivity index (χ1n) is 5.17. The Morgan fingerprint density at radius 2 is 1.88 bits per heavy atom. The van der Waals surface area contributed by atoms with Crippen molar-refractivity contribution in [2.75, 3.05) is 6.54 Å². The molecule has 1 rings (SSSR count). The number of alkyl halides is 3. The third kappa shape index (κ3) is 6.38. The summed E-state index contributed by atoms with van der Waals surface area (Å²) < 4.78 is 36.2. The van der Waals surface area contributed by atoms with Gasteiger partial charge in [0.25, 0.3) is 0 Å². The molecule has 0 saturated heterocycles. The lowest BCUT2D eigenvalue weighted by atomic mass is 10.2. The molecule has 0 fully saturated rings. The molecule has 0 aromatic heterocycles. The Hall–Kier alpha value is -0.940. The largest absolute Gasteiger partial charge is 0.446 e. The number of benzene rings is 1. The molecule has 17 heavy (non-hydrogen) atoms. The molecule has 0 aliphatic rings. The Labute approximate surface area is 103 Å². The van der Waals surface area contributed by atoms with Crippen molar-refractivity contribution in [1.82, 2.24) is 5.32 Å². The summed E-state index contributed by atoms with van der Waals surface area (Å²) in [5.41, 5.74) is -3.25. The van der Waals surface area contributed by atoms with Crippen LogP contribution in [0.1, 0.15) is 12.0 Å². The fourth-order valence-electron chi connectivity index (χ4n) is 1.25. The zero-order valence-corrected chi connectivity index (χ0v) is 10.1. The van der Waals surface area contributed by atoms with E-state index in [4.69, 9.17) is 0 Å². The molecule has 0 spiro atoms. The van der Waals surface area contributed by atoms with Crippen LogP contribution < -0.4 is 5.32 Å². The van der Waals surface area contributed by atoms with Crippen LogP contribution >= 0.6 is 11.8 Å². The second-order valence-corrected chi connectivity index (χ2v) is 4.58. The molecule has 5 heteroatoms. The summed E-state index contributed by atoms with van der Waals surface area (Å²) in [6.07, 6.45) is 2.69. The molecule has 0 saturated carbocycles. The molecular weight excluding hydrogens is 247 g/mol. The van der Waals surface area contributed by atoms with Crippen molar-refractivity contribution in [1.29, 1.82) is 0 Å². The van der Waals surface area contributed by atoms with E-state index in [0.717, 1.165) is 18.5 Å². The number of hydrogen-bond acceptors (Lipinski definition) is 2. The van der Waals surface area contributed by atoms with E-state index in [1.807, 2.05) is 6.08 Å². The van der Waals surface area contributed by atoms with Gasteiger partial charge in [0.2, 0.25) is 0 Å². The summed E-state index contributed by atoms with van der Waals surface area (Å²) in [5.74, 6) is 0. The molecule has 0 amide bonds. The molecule has 1 aromatic rings. The minimum Gasteiger partial charge on any atom is -0.312 e. The lowest BCUT2D eigenvalue weighted by molar-refractivity contribution is -0.0328. The van der Waals surface area contributed by atoms with Gasteiger partial charge in [-0.05, 0) is 42.4 Å². The quantitative estimate of drug-likeness (QED) is 0.472. The van der Waals surface area contributed by atoms with Crippen molar-refractivity contribution in [2.24, 2.45) is 0 Å². The van der Waals surface area contributed by atoms with Crippen molar-refractivity contribution >= 4 is 11.8 Å². The van der Waals surface area contributed by atoms with Gasteiger partial charge in [-0.1, -0.05) is 18.2 Å². The Balaban J connectivity index is 2.42. The maximum Gasteiger partial charge on any atom is 0.446 e. The van der Waals surface area contributed by atoms with Crippen molar-refractivity contribution in [3.05, 3.63) is 42.5 Å². The van der Waals surface area contributed by atoms with E-state index in [0.29, 0.717) is 6.54 Å². The average Bonchev–Trinajstić information content (AvgIpc) is 2.25. The highest BCUT2D eigenvalue weighted by atomic mass is 32.2. The normalized spacial score (nSPS) is 11.5. The molecule has 94 valence electrons. The molecule has 1 aromatic carbocycles. The number of thioether (sulfide) groups is 1. The molecule has 0 bridgehead atoms. The predicted molar refractivity (Wildman–Crippen MR) is 64.9 cm³/mol. The number of hydrogen-bond donors (Lipinski definition) is 1. The van der Waals surface area contributed by atoms with Crippen LogP contribution in [0.5, 0.6) is 0 Å². The van der Waals surface area contributed by atoms with Crippen LogP contribution in [0, 0.1) is 0 Å². The van der Waals surface area contributed by atoms with Crippen LogP contribution in [0.15, 0.2) is 41.8 Å². The molecule has 0 radical (unpaired) electrons. The van der Waals surface area contributed by atoms with Gasteiger partial charge in [0, 0.05) is 11.4 Å². The molecule has 0 atom stereocenters. The smallest absolute Gasteiger partial charge is 0.312 e. The third-order valence-corrected chi connectivity index (χ3v) is 2.75. The highest BCUT2D eigenvalue weighted by molar-refractivity contribution is 8.00. The number of halogens is 3. The van der Waals surface area contributed by atoms with Gasteiger partial charge >= 0.3 is 5.51 Å². The van der Waals surface area contributed by atoms with E-state index in [1.165, 1.54) is 12.1 Å². The molecule has 1 nitrogen and oxygen atoms in total. The molecule has 1 N–H and O–H groups in total. The van der Waals surface area contributed by atoms with Gasteiger partial charge < -0.3 is 5.32 Å². The Kier molecular flexibility index (Phi) is 5.58. The first-order valence-corrected chi connectivity index (χ1v) is 5.99. The van der Waals surface area contributed by atoms with Gasteiger partial charge in [0.15, 0.2) is 0 Å². The second-order valence-electron chi connectivity index (χ2n) is 3.45. The van der Waals surface area contributed by atoms with E-state index >= 15 is 0 Å². The third-order valence-electron chi connectivity index (χ3n) is 2.01. The average molecular weight is 261 g/mol. The number of rotatable bonds is 6. The van der Waals surface area contributed by atoms with Gasteiger partial charge in [-0.15, -0.1) is 6.58 Å². The zero-order valence-electron chi connectivity index (χ0n) is 9.26. The van der Waals surface area contributed by atoms with Crippen molar-refractivity contribution in [3.63, 3.8) is 0 Å². The second kappa shape index (κ2) is 6.71. The summed E-state index contributed by atoms with van der Waals surface area (Å²) in [5, 5.41) is 3.17. The summed E-state index contributed by atoms with van der Waals surface area (Å²) in [6.45, 7) is 5.08. The maximum atomic E-state index is 12.1. The summed E-state index contributed by atoms with van der Waals surface area (Å²) >= 11 is -0.0923. The van der Waals surface area contributed by atoms with E-state index in [1.54, 1.807) is 12.1 Å². The van der Waals surface area contributed by atoms with Crippen LogP contribution in [-0.2, 0) is 6.54 Å². The van der Waals surface area contributed by atoms with Crippen LogP contribution in [0.4, 0.5) is 13.2 Å². The number of nitrogens with one attached hydrogen (secondary N) is 1. The maximum absolute atomic E-state index is 12.1. The highest BCUT2D eigenvalue weighted by Gasteiger charge is 2.28. The molecule has 0 aliphatic carbocycles. The van der Waals surface area contributed by atoms with Crippen molar-refractivity contribution < 1.29 is 13.2 Å². The Bertz CT molecular complexity index is 346. The first kappa shape index (κ1) is 14.1. The molecule has 0 unspecified atom stereocenters. The van der Waals surface area contributed by atoms with Gasteiger partial charge in [-0.2, -0.15) is 13.2 Å². The lowest BCUT2D eigenvalue weighted by Crippen LogP contribution is -2.13. The zero-order chi connectivity index (χ0) is 12.7. The molecular formula is C12H14F3NS. The topological polar surface area (TPSA) is 12.0 Å². The summed E-state index contributed by atoms with van der Waals surface area (Å²) in [6, 6.07) is 6.38. The van der Waals surface area contributed by atoms with Crippen LogP contribution in [0.3, 0.4) is 0 Å². The van der Waals surface area contributed by atoms with E-state index < -0.39 is 5.51 Å². The minimum atomic E-state index is -4.22. The van der Waals surface area contributed by atoms with Crippen LogP contribution in [-0.4, -0.2) is 12.1 Å². The van der Waals surface area contributed by atoms with E-state index in [-0.39, 0.29) is 16.7 Å². The van der Waals surface area contributed by atoms with Crippen molar-refractivity contribution in [3.8, 4) is 0 Å². The minimum absolute atomic E-state index is 0.0923. The SMILES string of the molecule is C=CCCNCc1ccc(SC(F)(F)F)cc1.